The highest BCUT2D eigenvalue weighted by molar-refractivity contribution is 5.98. The van der Waals surface area contributed by atoms with Crippen LogP contribution in [0.1, 0.15) is 24.1 Å². The van der Waals surface area contributed by atoms with Crippen molar-refractivity contribution in [3.05, 3.63) is 65.7 Å². The molecular weight excluding hydrogens is 374 g/mol. The summed E-state index contributed by atoms with van der Waals surface area (Å²) in [7, 11) is 0. The normalized spacial score (nSPS) is 14.3. The number of benzene rings is 2. The van der Waals surface area contributed by atoms with Crippen LogP contribution in [0.3, 0.4) is 0 Å². The molecule has 2 aromatic rings. The number of carbonyl (C=O) groups excluding carboxylic acids is 4. The Bertz CT molecular complexity index is 896. The molecule has 2 aromatic carbocycles. The van der Waals surface area contributed by atoms with Gasteiger partial charge >= 0.3 is 6.09 Å². The van der Waals surface area contributed by atoms with Crippen LogP contribution in [-0.4, -0.2) is 41.9 Å². The molecule has 4 amide bonds. The second-order valence-corrected chi connectivity index (χ2v) is 6.64. The molecule has 8 nitrogen and oxygen atoms in total. The van der Waals surface area contributed by atoms with Gasteiger partial charge in [-0.25, -0.2) is 9.69 Å². The summed E-state index contributed by atoms with van der Waals surface area (Å²) in [6.45, 7) is 1.13. The van der Waals surface area contributed by atoms with Crippen LogP contribution in [0.25, 0.3) is 0 Å². The molecule has 29 heavy (non-hydrogen) atoms. The number of nitrogens with zero attached hydrogens (tertiary/aromatic N) is 1. The van der Waals surface area contributed by atoms with Gasteiger partial charge in [-0.1, -0.05) is 42.5 Å². The van der Waals surface area contributed by atoms with Crippen molar-refractivity contribution in [2.45, 2.75) is 19.4 Å². The maximum atomic E-state index is 12.6. The van der Waals surface area contributed by atoms with E-state index in [2.05, 4.69) is 10.6 Å². The zero-order chi connectivity index (χ0) is 20.8. The Hall–Kier alpha value is -3.68. The molecule has 0 spiro atoms. The molecule has 1 fully saturated rings. The van der Waals surface area contributed by atoms with E-state index in [-0.39, 0.29) is 31.4 Å². The summed E-state index contributed by atoms with van der Waals surface area (Å²) in [6.07, 6.45) is -0.596. The van der Waals surface area contributed by atoms with Crippen molar-refractivity contribution in [2.75, 3.05) is 18.5 Å². The topological polar surface area (TPSA) is 105 Å². The molecule has 1 unspecified atom stereocenters. The lowest BCUT2D eigenvalue weighted by molar-refractivity contribution is -0.127. The van der Waals surface area contributed by atoms with E-state index in [1.165, 1.54) is 6.92 Å². The fourth-order valence-electron chi connectivity index (χ4n) is 3.00. The molecule has 1 saturated heterocycles. The first-order chi connectivity index (χ1) is 13.9. The highest BCUT2D eigenvalue weighted by atomic mass is 16.6. The number of carbonyl (C=O) groups is 4. The van der Waals surface area contributed by atoms with E-state index < -0.39 is 18.0 Å². The van der Waals surface area contributed by atoms with Gasteiger partial charge in [-0.2, -0.15) is 0 Å². The lowest BCUT2D eigenvalue weighted by Gasteiger charge is -2.23. The molecule has 0 aliphatic carbocycles. The number of imide groups is 1. The summed E-state index contributed by atoms with van der Waals surface area (Å²) in [5, 5.41) is 5.55. The first-order valence-electron chi connectivity index (χ1n) is 9.10. The Morgan fingerprint density at radius 1 is 1.07 bits per heavy atom. The number of anilines is 1. The van der Waals surface area contributed by atoms with Crippen molar-refractivity contribution in [1.82, 2.24) is 10.2 Å². The number of amides is 4. The van der Waals surface area contributed by atoms with E-state index >= 15 is 0 Å². The SMILES string of the molecule is CC(=O)Nc1ccc(CC(=O)NC(CN2C(=O)COC2=O)c2ccccc2)cc1. The first-order valence-corrected chi connectivity index (χ1v) is 9.10. The second-order valence-electron chi connectivity index (χ2n) is 6.64. The van der Waals surface area contributed by atoms with Crippen molar-refractivity contribution in [2.24, 2.45) is 0 Å². The molecule has 0 radical (unpaired) electrons. The molecule has 1 aliphatic heterocycles. The monoisotopic (exact) mass is 395 g/mol. The molecule has 150 valence electrons. The van der Waals surface area contributed by atoms with Gasteiger partial charge in [-0.3, -0.25) is 14.4 Å². The number of hydrogen-bond donors (Lipinski definition) is 2. The molecule has 2 N–H and O–H groups in total. The Kier molecular flexibility index (Phi) is 6.23. The summed E-state index contributed by atoms with van der Waals surface area (Å²) in [4.78, 5) is 48.3. The van der Waals surface area contributed by atoms with E-state index in [1.807, 2.05) is 30.3 Å². The van der Waals surface area contributed by atoms with Gasteiger partial charge in [-0.15, -0.1) is 0 Å². The van der Waals surface area contributed by atoms with Crippen molar-refractivity contribution < 1.29 is 23.9 Å². The molecular formula is C21H21N3O5. The third-order valence-electron chi connectivity index (χ3n) is 4.38. The van der Waals surface area contributed by atoms with Crippen molar-refractivity contribution in [1.29, 1.82) is 0 Å². The molecule has 3 rings (SSSR count). The maximum Gasteiger partial charge on any atom is 0.417 e. The molecule has 0 saturated carbocycles. The van der Waals surface area contributed by atoms with Crippen molar-refractivity contribution in [3.63, 3.8) is 0 Å². The fourth-order valence-corrected chi connectivity index (χ4v) is 3.00. The van der Waals surface area contributed by atoms with E-state index in [0.29, 0.717) is 5.69 Å². The van der Waals surface area contributed by atoms with Crippen LogP contribution in [0.2, 0.25) is 0 Å². The second kappa shape index (κ2) is 9.01. The summed E-state index contributed by atoms with van der Waals surface area (Å²) in [6, 6.07) is 15.5. The van der Waals surface area contributed by atoms with E-state index in [9.17, 15) is 19.2 Å². The minimum Gasteiger partial charge on any atom is -0.439 e. The van der Waals surface area contributed by atoms with Gasteiger partial charge in [0.1, 0.15) is 0 Å². The molecule has 0 bridgehead atoms. The van der Waals surface area contributed by atoms with Crippen LogP contribution in [-0.2, 0) is 25.5 Å². The van der Waals surface area contributed by atoms with E-state index in [4.69, 9.17) is 4.74 Å². The summed E-state index contributed by atoms with van der Waals surface area (Å²) < 4.78 is 4.75. The van der Waals surface area contributed by atoms with Crippen LogP contribution < -0.4 is 10.6 Å². The highest BCUT2D eigenvalue weighted by Gasteiger charge is 2.33. The minimum atomic E-state index is -0.709. The molecule has 1 atom stereocenters. The van der Waals surface area contributed by atoms with Crippen LogP contribution in [0, 0.1) is 0 Å². The molecule has 1 aliphatic rings. The summed E-state index contributed by atoms with van der Waals surface area (Å²) >= 11 is 0. The Labute approximate surface area is 167 Å². The zero-order valence-corrected chi connectivity index (χ0v) is 15.9. The maximum absolute atomic E-state index is 12.6. The number of rotatable bonds is 7. The summed E-state index contributed by atoms with van der Waals surface area (Å²) in [5.74, 6) is -0.860. The predicted octanol–water partition coefficient (Wildman–Crippen LogP) is 2.02. The number of ether oxygens (including phenoxy) is 1. The number of nitrogens with one attached hydrogen (secondary N) is 2. The highest BCUT2D eigenvalue weighted by Crippen LogP contribution is 2.18. The van der Waals surface area contributed by atoms with Gasteiger partial charge in [-0.05, 0) is 23.3 Å². The van der Waals surface area contributed by atoms with Gasteiger partial charge in [0, 0.05) is 12.6 Å². The number of cyclic esters (lactones) is 1. The smallest absolute Gasteiger partial charge is 0.417 e. The average molecular weight is 395 g/mol. The van der Waals surface area contributed by atoms with E-state index in [0.717, 1.165) is 16.0 Å². The third kappa shape index (κ3) is 5.41. The quantitative estimate of drug-likeness (QED) is 0.746. The van der Waals surface area contributed by atoms with E-state index in [1.54, 1.807) is 24.3 Å². The predicted molar refractivity (Wildman–Crippen MR) is 105 cm³/mol. The largest absolute Gasteiger partial charge is 0.439 e. The molecule has 1 heterocycles. The van der Waals surface area contributed by atoms with Crippen LogP contribution >= 0.6 is 0 Å². The Balaban J connectivity index is 1.68. The standard InChI is InChI=1S/C21H21N3O5/c1-14(25)22-17-9-7-15(8-10-17)11-19(26)23-18(16-5-3-2-4-6-16)12-24-20(27)13-29-21(24)28/h2-10,18H,11-13H2,1H3,(H,22,25)(H,23,26). The van der Waals surface area contributed by atoms with Gasteiger partial charge < -0.3 is 15.4 Å². The Morgan fingerprint density at radius 2 is 1.76 bits per heavy atom. The van der Waals surface area contributed by atoms with Gasteiger partial charge in [0.25, 0.3) is 5.91 Å². The fraction of sp³-hybridized carbons (Fsp3) is 0.238. The zero-order valence-electron chi connectivity index (χ0n) is 15.9. The van der Waals surface area contributed by atoms with Crippen LogP contribution in [0.5, 0.6) is 0 Å². The van der Waals surface area contributed by atoms with Crippen LogP contribution in [0.15, 0.2) is 54.6 Å². The molecule has 8 heteroatoms. The van der Waals surface area contributed by atoms with Crippen molar-refractivity contribution >= 4 is 29.5 Å². The van der Waals surface area contributed by atoms with Gasteiger partial charge in [0.15, 0.2) is 6.61 Å². The Morgan fingerprint density at radius 3 is 2.34 bits per heavy atom. The minimum absolute atomic E-state index is 0.00507. The van der Waals surface area contributed by atoms with Gasteiger partial charge in [0.2, 0.25) is 11.8 Å². The molecule has 0 aromatic heterocycles. The first kappa shape index (κ1) is 20.1. The number of hydrogen-bond acceptors (Lipinski definition) is 5. The van der Waals surface area contributed by atoms with Gasteiger partial charge in [0.05, 0.1) is 19.0 Å². The van der Waals surface area contributed by atoms with Crippen molar-refractivity contribution in [3.8, 4) is 0 Å². The van der Waals surface area contributed by atoms with Crippen LogP contribution in [0.4, 0.5) is 10.5 Å². The summed E-state index contributed by atoms with van der Waals surface area (Å²) in [5.41, 5.74) is 2.18. The lowest BCUT2D eigenvalue weighted by atomic mass is 10.1. The third-order valence-corrected chi connectivity index (χ3v) is 4.38. The lowest BCUT2D eigenvalue weighted by Crippen LogP contribution is -2.40. The average Bonchev–Trinajstić information content (AvgIpc) is 3.01.